The van der Waals surface area contributed by atoms with Crippen molar-refractivity contribution in [2.45, 2.75) is 77.3 Å². The lowest BCUT2D eigenvalue weighted by Crippen LogP contribution is -2.51. The minimum absolute atomic E-state index is 0.111. The molecule has 3 nitrogen and oxygen atoms in total. The minimum atomic E-state index is -3.08. The Balaban J connectivity index is 3.04. The Morgan fingerprint density at radius 2 is 1.65 bits per heavy atom. The number of sulfone groups is 1. The zero-order valence-electron chi connectivity index (χ0n) is 14.2. The van der Waals surface area contributed by atoms with E-state index in [2.05, 4.69) is 26.1 Å². The summed E-state index contributed by atoms with van der Waals surface area (Å²) in [7, 11) is -1.18. The summed E-state index contributed by atoms with van der Waals surface area (Å²) in [6.45, 7) is 12.6. The van der Waals surface area contributed by atoms with E-state index in [-0.39, 0.29) is 27.9 Å². The van der Waals surface area contributed by atoms with Gasteiger partial charge in [-0.3, -0.25) is 0 Å². The molecule has 0 aromatic rings. The summed E-state index contributed by atoms with van der Waals surface area (Å²) >= 11 is 0. The van der Waals surface area contributed by atoms with Gasteiger partial charge in [0, 0.05) is 6.04 Å². The minimum Gasteiger partial charge on any atom is -0.316 e. The molecular weight excluding hydrogens is 270 g/mol. The van der Waals surface area contributed by atoms with Crippen molar-refractivity contribution in [3.63, 3.8) is 0 Å². The quantitative estimate of drug-likeness (QED) is 0.867. The lowest BCUT2D eigenvalue weighted by Gasteiger charge is -2.42. The lowest BCUT2D eigenvalue weighted by atomic mass is 9.71. The fourth-order valence-electron chi connectivity index (χ4n) is 3.26. The zero-order chi connectivity index (χ0) is 15.7. The first kappa shape index (κ1) is 18.0. The van der Waals surface area contributed by atoms with Crippen molar-refractivity contribution in [2.75, 3.05) is 7.05 Å². The third-order valence-electron chi connectivity index (χ3n) is 5.27. The largest absolute Gasteiger partial charge is 0.316 e. The van der Waals surface area contributed by atoms with Gasteiger partial charge in [-0.15, -0.1) is 0 Å². The van der Waals surface area contributed by atoms with Crippen LogP contribution in [-0.2, 0) is 9.84 Å². The van der Waals surface area contributed by atoms with Crippen LogP contribution in [0.3, 0.4) is 0 Å². The molecule has 1 rings (SSSR count). The SMILES string of the molecule is CNC1CCC(C(C)(C)C)CC1S(=O)(=O)C(C)C(C)C. The van der Waals surface area contributed by atoms with Gasteiger partial charge in [0.15, 0.2) is 9.84 Å². The standard InChI is InChI=1S/C16H33NO2S/c1-11(2)12(3)20(18,19)15-10-13(16(4,5)6)8-9-14(15)17-7/h11-15,17H,8-10H2,1-7H3. The van der Waals surface area contributed by atoms with Crippen LogP contribution in [0.2, 0.25) is 0 Å². The number of nitrogens with one attached hydrogen (secondary N) is 1. The Morgan fingerprint density at radius 1 is 1.10 bits per heavy atom. The molecule has 0 saturated heterocycles. The molecule has 0 aromatic heterocycles. The molecule has 120 valence electrons. The van der Waals surface area contributed by atoms with E-state index in [0.29, 0.717) is 5.92 Å². The number of rotatable bonds is 4. The zero-order valence-corrected chi connectivity index (χ0v) is 15.0. The van der Waals surface area contributed by atoms with Gasteiger partial charge in [0.05, 0.1) is 10.5 Å². The maximum Gasteiger partial charge on any atom is 0.157 e. The molecule has 0 amide bonds. The highest BCUT2D eigenvalue weighted by molar-refractivity contribution is 7.92. The normalized spacial score (nSPS) is 30.5. The molecule has 0 heterocycles. The molecule has 1 aliphatic rings. The van der Waals surface area contributed by atoms with Crippen LogP contribution in [0.25, 0.3) is 0 Å². The molecule has 4 heteroatoms. The van der Waals surface area contributed by atoms with E-state index in [1.165, 1.54) is 0 Å². The average Bonchev–Trinajstić information content (AvgIpc) is 2.35. The highest BCUT2D eigenvalue weighted by Gasteiger charge is 2.43. The predicted octanol–water partition coefficient (Wildman–Crippen LogP) is 3.25. The van der Waals surface area contributed by atoms with Crippen molar-refractivity contribution in [3.05, 3.63) is 0 Å². The summed E-state index contributed by atoms with van der Waals surface area (Å²) in [4.78, 5) is 0. The van der Waals surface area contributed by atoms with E-state index < -0.39 is 9.84 Å². The molecule has 0 bridgehead atoms. The van der Waals surface area contributed by atoms with Crippen molar-refractivity contribution in [2.24, 2.45) is 17.3 Å². The maximum absolute atomic E-state index is 12.9. The Labute approximate surface area is 125 Å². The summed E-state index contributed by atoms with van der Waals surface area (Å²) in [5.74, 6) is 0.666. The van der Waals surface area contributed by atoms with Crippen LogP contribution in [-0.4, -0.2) is 32.0 Å². The van der Waals surface area contributed by atoms with E-state index in [9.17, 15) is 8.42 Å². The molecule has 0 aromatic carbocycles. The molecule has 1 aliphatic carbocycles. The van der Waals surface area contributed by atoms with Gasteiger partial charge in [-0.1, -0.05) is 34.6 Å². The van der Waals surface area contributed by atoms with Crippen LogP contribution in [0.5, 0.6) is 0 Å². The highest BCUT2D eigenvalue weighted by Crippen LogP contribution is 2.41. The topological polar surface area (TPSA) is 46.2 Å². The van der Waals surface area contributed by atoms with Gasteiger partial charge < -0.3 is 5.32 Å². The van der Waals surface area contributed by atoms with Crippen LogP contribution in [0.15, 0.2) is 0 Å². The molecule has 0 spiro atoms. The molecule has 0 radical (unpaired) electrons. The summed E-state index contributed by atoms with van der Waals surface area (Å²) in [6.07, 6.45) is 2.89. The van der Waals surface area contributed by atoms with Gasteiger partial charge >= 0.3 is 0 Å². The van der Waals surface area contributed by atoms with Gasteiger partial charge in [-0.2, -0.15) is 0 Å². The third-order valence-corrected chi connectivity index (χ3v) is 8.21. The predicted molar refractivity (Wildman–Crippen MR) is 86.7 cm³/mol. The van der Waals surface area contributed by atoms with Gasteiger partial charge in [0.25, 0.3) is 0 Å². The fraction of sp³-hybridized carbons (Fsp3) is 1.00. The first-order valence-electron chi connectivity index (χ1n) is 7.91. The summed E-state index contributed by atoms with van der Waals surface area (Å²) < 4.78 is 25.9. The average molecular weight is 304 g/mol. The van der Waals surface area contributed by atoms with E-state index in [4.69, 9.17) is 0 Å². The molecule has 1 fully saturated rings. The fourth-order valence-corrected chi connectivity index (χ4v) is 5.80. The first-order chi connectivity index (χ1) is 9.01. The Bertz CT molecular complexity index is 409. The molecule has 1 N–H and O–H groups in total. The van der Waals surface area contributed by atoms with Crippen LogP contribution in [0.1, 0.15) is 60.8 Å². The maximum atomic E-state index is 12.9. The van der Waals surface area contributed by atoms with Crippen molar-refractivity contribution in [3.8, 4) is 0 Å². The Kier molecular flexibility index (Phi) is 5.70. The van der Waals surface area contributed by atoms with Gasteiger partial charge in [0.1, 0.15) is 0 Å². The second-order valence-electron chi connectivity index (χ2n) is 7.85. The van der Waals surface area contributed by atoms with Crippen molar-refractivity contribution in [1.29, 1.82) is 0 Å². The van der Waals surface area contributed by atoms with E-state index in [1.807, 2.05) is 27.8 Å². The first-order valence-corrected chi connectivity index (χ1v) is 9.52. The van der Waals surface area contributed by atoms with Crippen molar-refractivity contribution in [1.82, 2.24) is 5.32 Å². The number of hydrogen-bond donors (Lipinski definition) is 1. The van der Waals surface area contributed by atoms with E-state index in [0.717, 1.165) is 19.3 Å². The molecule has 20 heavy (non-hydrogen) atoms. The lowest BCUT2D eigenvalue weighted by molar-refractivity contribution is 0.164. The second-order valence-corrected chi connectivity index (χ2v) is 10.4. The molecule has 0 aliphatic heterocycles. The summed E-state index contributed by atoms with van der Waals surface area (Å²) in [5.41, 5.74) is 0.188. The van der Waals surface area contributed by atoms with Crippen LogP contribution in [0.4, 0.5) is 0 Å². The monoisotopic (exact) mass is 303 g/mol. The molecule has 1 saturated carbocycles. The summed E-state index contributed by atoms with van der Waals surface area (Å²) in [5, 5.41) is 2.75. The molecule has 4 atom stereocenters. The van der Waals surface area contributed by atoms with Gasteiger partial charge in [-0.25, -0.2) is 8.42 Å². The highest BCUT2D eigenvalue weighted by atomic mass is 32.2. The smallest absolute Gasteiger partial charge is 0.157 e. The second kappa shape index (κ2) is 6.35. The molecular formula is C16H33NO2S. The Hall–Kier alpha value is -0.0900. The van der Waals surface area contributed by atoms with Gasteiger partial charge in [0.2, 0.25) is 0 Å². The van der Waals surface area contributed by atoms with E-state index in [1.54, 1.807) is 0 Å². The summed E-state index contributed by atoms with van der Waals surface area (Å²) in [6, 6.07) is 0.111. The van der Waals surface area contributed by atoms with Crippen molar-refractivity contribution < 1.29 is 8.42 Å². The van der Waals surface area contributed by atoms with Crippen molar-refractivity contribution >= 4 is 9.84 Å². The van der Waals surface area contributed by atoms with E-state index >= 15 is 0 Å². The van der Waals surface area contributed by atoms with Crippen LogP contribution >= 0.6 is 0 Å². The molecule has 4 unspecified atom stereocenters. The van der Waals surface area contributed by atoms with Crippen LogP contribution < -0.4 is 5.32 Å². The van der Waals surface area contributed by atoms with Gasteiger partial charge in [-0.05, 0) is 50.5 Å². The number of hydrogen-bond acceptors (Lipinski definition) is 3. The van der Waals surface area contributed by atoms with Crippen LogP contribution in [0, 0.1) is 17.3 Å². The third kappa shape index (κ3) is 3.76. The Morgan fingerprint density at radius 3 is 2.05 bits per heavy atom.